The van der Waals surface area contributed by atoms with Gasteiger partial charge in [-0.2, -0.15) is 0 Å². The van der Waals surface area contributed by atoms with Gasteiger partial charge in [0, 0.05) is 23.8 Å². The quantitative estimate of drug-likeness (QED) is 0.603. The Kier molecular flexibility index (Phi) is 5.46. The van der Waals surface area contributed by atoms with Crippen LogP contribution in [0, 0.1) is 17.3 Å². The van der Waals surface area contributed by atoms with Crippen molar-refractivity contribution >= 4 is 23.3 Å². The maximum Gasteiger partial charge on any atom is 0.325 e. The van der Waals surface area contributed by atoms with Gasteiger partial charge in [0.15, 0.2) is 22.8 Å². The van der Waals surface area contributed by atoms with Crippen molar-refractivity contribution in [2.75, 3.05) is 0 Å². The molecule has 4 aliphatic rings. The molecule has 0 aromatic heterocycles. The zero-order valence-electron chi connectivity index (χ0n) is 20.0. The highest BCUT2D eigenvalue weighted by atomic mass is 16.5. The van der Waals surface area contributed by atoms with Crippen molar-refractivity contribution in [3.63, 3.8) is 0 Å². The summed E-state index contributed by atoms with van der Waals surface area (Å²) in [4.78, 5) is 53.2. The number of allylic oxidation sites excluding steroid dienone is 5. The van der Waals surface area contributed by atoms with Crippen LogP contribution in [0.15, 0.2) is 57.3 Å². The Morgan fingerprint density at radius 1 is 0.882 bits per heavy atom. The normalized spacial score (nSPS) is 33.6. The molecule has 180 valence electrons. The molecule has 0 aromatic carbocycles. The van der Waals surface area contributed by atoms with E-state index in [1.54, 1.807) is 20.8 Å². The maximum absolute atomic E-state index is 13.6. The molecule has 8 heteroatoms. The second kappa shape index (κ2) is 7.82. The molecular weight excluding hydrogens is 440 g/mol. The molecule has 0 radical (unpaired) electrons. The second-order valence-corrected chi connectivity index (χ2v) is 9.60. The molecule has 0 aromatic rings. The van der Waals surface area contributed by atoms with E-state index in [9.17, 15) is 29.4 Å². The number of ether oxygens (including phenoxy) is 2. The van der Waals surface area contributed by atoms with Crippen molar-refractivity contribution in [3.05, 3.63) is 57.3 Å². The number of rotatable bonds is 3. The first-order valence-corrected chi connectivity index (χ1v) is 11.3. The van der Waals surface area contributed by atoms with Crippen LogP contribution in [0.5, 0.6) is 0 Å². The van der Waals surface area contributed by atoms with E-state index in [0.717, 1.165) is 0 Å². The molecule has 2 aliphatic heterocycles. The van der Waals surface area contributed by atoms with Crippen LogP contribution in [-0.4, -0.2) is 45.7 Å². The smallest absolute Gasteiger partial charge is 0.325 e. The number of fused-ring (bicyclic) bond motifs is 2. The Morgan fingerprint density at radius 3 is 1.91 bits per heavy atom. The van der Waals surface area contributed by atoms with E-state index in [1.165, 1.54) is 19.4 Å². The Labute approximate surface area is 197 Å². The van der Waals surface area contributed by atoms with Gasteiger partial charge in [-0.25, -0.2) is 0 Å². The summed E-state index contributed by atoms with van der Waals surface area (Å²) in [5, 5.41) is 21.2. The molecule has 8 nitrogen and oxygen atoms in total. The maximum atomic E-state index is 13.6. The Bertz CT molecular complexity index is 1190. The molecule has 34 heavy (non-hydrogen) atoms. The van der Waals surface area contributed by atoms with Crippen LogP contribution in [0.3, 0.4) is 0 Å². The van der Waals surface area contributed by atoms with E-state index < -0.39 is 40.9 Å². The van der Waals surface area contributed by atoms with Crippen LogP contribution in [0.1, 0.15) is 48.0 Å². The molecule has 4 rings (SSSR count). The van der Waals surface area contributed by atoms with Crippen molar-refractivity contribution in [1.29, 1.82) is 0 Å². The summed E-state index contributed by atoms with van der Waals surface area (Å²) in [6.45, 7) is 10.4. The van der Waals surface area contributed by atoms with E-state index in [2.05, 4.69) is 0 Å². The summed E-state index contributed by atoms with van der Waals surface area (Å²) in [5.41, 5.74) is -1.05. The SMILES string of the molecule is CC1=C2C(=CO[C@H](C)[C@H]2C)C(=O)C(CC2=C(O)C(C)=C3C(=CO[C@H](C)[C@H]3C)C2=O)(C(=O)O)C1=O. The average Bonchev–Trinajstić information content (AvgIpc) is 2.79. The Morgan fingerprint density at radius 2 is 1.38 bits per heavy atom. The average molecular weight is 469 g/mol. The third kappa shape index (κ3) is 2.97. The number of carboxylic acid groups (broad SMARTS) is 1. The molecule has 0 spiro atoms. The summed E-state index contributed by atoms with van der Waals surface area (Å²) in [5.74, 6) is -5.05. The van der Waals surface area contributed by atoms with Gasteiger partial charge in [0.2, 0.25) is 0 Å². The Hall–Kier alpha value is -3.42. The zero-order valence-corrected chi connectivity index (χ0v) is 20.0. The molecule has 0 amide bonds. The van der Waals surface area contributed by atoms with Crippen LogP contribution in [0.25, 0.3) is 0 Å². The number of carbonyl (C=O) groups is 4. The van der Waals surface area contributed by atoms with Crippen LogP contribution in [0.2, 0.25) is 0 Å². The molecule has 0 saturated heterocycles. The molecule has 2 heterocycles. The third-order valence-corrected chi connectivity index (χ3v) is 7.84. The summed E-state index contributed by atoms with van der Waals surface area (Å²) in [7, 11) is 0. The topological polar surface area (TPSA) is 127 Å². The van der Waals surface area contributed by atoms with Gasteiger partial charge in [-0.1, -0.05) is 13.8 Å². The number of Topliss-reactive ketones (excluding diaryl/α,β-unsaturated/α-hetero) is 3. The number of hydrogen-bond donors (Lipinski definition) is 2. The lowest BCUT2D eigenvalue weighted by molar-refractivity contribution is -0.158. The van der Waals surface area contributed by atoms with Crippen LogP contribution >= 0.6 is 0 Å². The number of carbonyl (C=O) groups excluding carboxylic acids is 3. The number of ketones is 3. The summed E-state index contributed by atoms with van der Waals surface area (Å²) < 4.78 is 11.1. The largest absolute Gasteiger partial charge is 0.507 e. The molecule has 2 N–H and O–H groups in total. The molecule has 0 bridgehead atoms. The van der Waals surface area contributed by atoms with Gasteiger partial charge in [-0.3, -0.25) is 19.2 Å². The van der Waals surface area contributed by atoms with E-state index in [-0.39, 0.29) is 46.3 Å². The predicted molar refractivity (Wildman–Crippen MR) is 120 cm³/mol. The first-order chi connectivity index (χ1) is 15.9. The van der Waals surface area contributed by atoms with Gasteiger partial charge < -0.3 is 19.7 Å². The summed E-state index contributed by atoms with van der Waals surface area (Å²) in [6.07, 6.45) is 1.21. The monoisotopic (exact) mass is 468 g/mol. The first kappa shape index (κ1) is 23.7. The van der Waals surface area contributed by atoms with Crippen LogP contribution < -0.4 is 0 Å². The Balaban J connectivity index is 1.90. The van der Waals surface area contributed by atoms with Crippen molar-refractivity contribution in [1.82, 2.24) is 0 Å². The van der Waals surface area contributed by atoms with Gasteiger partial charge in [0.1, 0.15) is 18.0 Å². The third-order valence-electron chi connectivity index (χ3n) is 7.84. The molecule has 2 aliphatic carbocycles. The minimum Gasteiger partial charge on any atom is -0.507 e. The highest BCUT2D eigenvalue weighted by Crippen LogP contribution is 2.48. The second-order valence-electron chi connectivity index (χ2n) is 9.60. The predicted octanol–water partition coefficient (Wildman–Crippen LogP) is 3.50. The van der Waals surface area contributed by atoms with Crippen LogP contribution in [-0.2, 0) is 28.7 Å². The first-order valence-electron chi connectivity index (χ1n) is 11.3. The molecule has 0 saturated carbocycles. The lowest BCUT2D eigenvalue weighted by atomic mass is 9.61. The zero-order chi connectivity index (χ0) is 25.3. The van der Waals surface area contributed by atoms with E-state index >= 15 is 0 Å². The fourth-order valence-electron chi connectivity index (χ4n) is 5.37. The standard InChI is InChI=1S/C26H28O8/c1-10-14(5)33-8-17-19(10)12(3)21(27)16(22(17)28)7-26(25(31)32)23(29)13(4)20-11(2)15(6)34-9-18(20)24(26)30/h8-11,14-15,27H,7H2,1-6H3,(H,31,32)/t10-,11-,14-,15-,26?/m1/s1. The lowest BCUT2D eigenvalue weighted by Gasteiger charge is -2.40. The highest BCUT2D eigenvalue weighted by Gasteiger charge is 2.60. The lowest BCUT2D eigenvalue weighted by Crippen LogP contribution is -2.53. The van der Waals surface area contributed by atoms with E-state index in [4.69, 9.17) is 9.47 Å². The number of aliphatic hydroxyl groups excluding tert-OH is 1. The summed E-state index contributed by atoms with van der Waals surface area (Å²) in [6, 6.07) is 0. The van der Waals surface area contributed by atoms with Crippen molar-refractivity contribution < 1.29 is 38.9 Å². The molecule has 5 atom stereocenters. The summed E-state index contributed by atoms with van der Waals surface area (Å²) >= 11 is 0. The fraction of sp³-hybridized carbons (Fsp3) is 0.462. The number of hydrogen-bond acceptors (Lipinski definition) is 7. The number of aliphatic hydroxyl groups is 1. The highest BCUT2D eigenvalue weighted by molar-refractivity contribution is 6.35. The fourth-order valence-corrected chi connectivity index (χ4v) is 5.37. The van der Waals surface area contributed by atoms with Crippen molar-refractivity contribution in [2.45, 2.75) is 60.2 Å². The molecule has 0 fully saturated rings. The minimum atomic E-state index is -2.59. The van der Waals surface area contributed by atoms with E-state index in [0.29, 0.717) is 16.7 Å². The van der Waals surface area contributed by atoms with Gasteiger partial charge >= 0.3 is 5.97 Å². The van der Waals surface area contributed by atoms with Crippen LogP contribution in [0.4, 0.5) is 0 Å². The molecule has 1 unspecified atom stereocenters. The number of carboxylic acids is 1. The minimum absolute atomic E-state index is 0.0177. The van der Waals surface area contributed by atoms with E-state index in [1.807, 2.05) is 13.8 Å². The van der Waals surface area contributed by atoms with Crippen molar-refractivity contribution in [3.8, 4) is 0 Å². The van der Waals surface area contributed by atoms with Crippen molar-refractivity contribution in [2.24, 2.45) is 17.3 Å². The van der Waals surface area contributed by atoms with Gasteiger partial charge in [0.25, 0.3) is 0 Å². The molecular formula is C26H28O8. The van der Waals surface area contributed by atoms with Gasteiger partial charge in [-0.05, 0) is 50.0 Å². The number of aliphatic carboxylic acids is 1. The van der Waals surface area contributed by atoms with Gasteiger partial charge in [-0.15, -0.1) is 0 Å². The van der Waals surface area contributed by atoms with Gasteiger partial charge in [0.05, 0.1) is 23.7 Å².